The number of amides is 1. The maximum Gasteiger partial charge on any atom is 0.274 e. The molecular formula is C22H21N7OS. The molecule has 0 saturated carbocycles. The molecule has 0 bridgehead atoms. The van der Waals surface area contributed by atoms with Crippen LogP contribution < -0.4 is 10.2 Å². The van der Waals surface area contributed by atoms with Crippen molar-refractivity contribution in [2.75, 3.05) is 16.8 Å². The maximum absolute atomic E-state index is 12.9. The average Bonchev–Trinajstić information content (AvgIpc) is 3.56. The Morgan fingerprint density at radius 1 is 1.16 bits per heavy atom. The van der Waals surface area contributed by atoms with Gasteiger partial charge in [0.2, 0.25) is 0 Å². The highest BCUT2D eigenvalue weighted by Crippen LogP contribution is 2.36. The van der Waals surface area contributed by atoms with Gasteiger partial charge in [0.1, 0.15) is 5.69 Å². The van der Waals surface area contributed by atoms with Crippen LogP contribution in [-0.2, 0) is 6.54 Å². The van der Waals surface area contributed by atoms with Crippen LogP contribution in [0.4, 0.5) is 10.9 Å². The Labute approximate surface area is 183 Å². The number of thiazole rings is 1. The van der Waals surface area contributed by atoms with Crippen molar-refractivity contribution >= 4 is 28.2 Å². The number of nitrogens with zero attached hydrogens (tertiary/aromatic N) is 6. The molecule has 0 aromatic carbocycles. The van der Waals surface area contributed by atoms with E-state index in [2.05, 4.69) is 25.4 Å². The Balaban J connectivity index is 1.29. The minimum atomic E-state index is -0.169. The van der Waals surface area contributed by atoms with Gasteiger partial charge < -0.3 is 9.47 Å². The highest BCUT2D eigenvalue weighted by molar-refractivity contribution is 7.14. The first-order chi connectivity index (χ1) is 15.3. The van der Waals surface area contributed by atoms with E-state index >= 15 is 0 Å². The zero-order valence-electron chi connectivity index (χ0n) is 16.8. The Morgan fingerprint density at radius 3 is 2.90 bits per heavy atom. The molecule has 1 N–H and O–H groups in total. The fraction of sp³-hybridized carbons (Fsp3) is 0.227. The summed E-state index contributed by atoms with van der Waals surface area (Å²) in [5.41, 5.74) is 2.63. The van der Waals surface area contributed by atoms with E-state index in [1.54, 1.807) is 18.6 Å². The van der Waals surface area contributed by atoms with Gasteiger partial charge in [0.05, 0.1) is 11.7 Å². The third-order valence-electron chi connectivity index (χ3n) is 5.35. The van der Waals surface area contributed by atoms with E-state index in [1.807, 2.05) is 52.5 Å². The molecule has 1 unspecified atom stereocenters. The van der Waals surface area contributed by atoms with Crippen molar-refractivity contribution in [2.24, 2.45) is 0 Å². The maximum atomic E-state index is 12.9. The van der Waals surface area contributed by atoms with Gasteiger partial charge in [-0.2, -0.15) is 5.10 Å². The van der Waals surface area contributed by atoms with Crippen LogP contribution in [0, 0.1) is 0 Å². The van der Waals surface area contributed by atoms with Gasteiger partial charge in [0.15, 0.2) is 10.9 Å². The molecular weight excluding hydrogens is 410 g/mol. The molecule has 5 rings (SSSR count). The number of nitrogens with one attached hydrogen (secondary N) is 1. The molecule has 9 heteroatoms. The zero-order chi connectivity index (χ0) is 21.0. The quantitative estimate of drug-likeness (QED) is 0.500. The molecule has 4 aromatic heterocycles. The first-order valence-corrected chi connectivity index (χ1v) is 11.0. The number of hydrogen-bond donors (Lipinski definition) is 1. The van der Waals surface area contributed by atoms with Crippen molar-refractivity contribution < 1.29 is 4.79 Å². The smallest absolute Gasteiger partial charge is 0.274 e. The third kappa shape index (κ3) is 4.17. The molecule has 0 aliphatic carbocycles. The van der Waals surface area contributed by atoms with E-state index in [9.17, 15) is 4.79 Å². The second kappa shape index (κ2) is 8.65. The predicted molar refractivity (Wildman–Crippen MR) is 119 cm³/mol. The topological polar surface area (TPSA) is 88.8 Å². The van der Waals surface area contributed by atoms with Crippen LogP contribution in [0.25, 0.3) is 0 Å². The zero-order valence-corrected chi connectivity index (χ0v) is 17.6. The summed E-state index contributed by atoms with van der Waals surface area (Å²) in [7, 11) is 0. The number of anilines is 2. The SMILES string of the molecule is O=C(Nc1nc(C2CCCN2c2cccnn2)cs1)c1cccn1Cc1ccncc1. The third-order valence-corrected chi connectivity index (χ3v) is 6.13. The first kappa shape index (κ1) is 19.4. The summed E-state index contributed by atoms with van der Waals surface area (Å²) in [6.07, 6.45) is 9.16. The molecule has 4 aromatic rings. The van der Waals surface area contributed by atoms with E-state index in [0.717, 1.165) is 36.5 Å². The summed E-state index contributed by atoms with van der Waals surface area (Å²) >= 11 is 1.45. The molecule has 1 aliphatic rings. The predicted octanol–water partition coefficient (Wildman–Crippen LogP) is 3.77. The Bertz CT molecular complexity index is 1160. The molecule has 156 valence electrons. The lowest BCUT2D eigenvalue weighted by molar-refractivity contribution is 0.101. The molecule has 8 nitrogen and oxygen atoms in total. The summed E-state index contributed by atoms with van der Waals surface area (Å²) in [6.45, 7) is 1.53. The van der Waals surface area contributed by atoms with Gasteiger partial charge in [-0.25, -0.2) is 4.98 Å². The van der Waals surface area contributed by atoms with E-state index in [0.29, 0.717) is 17.4 Å². The number of pyridine rings is 1. The summed E-state index contributed by atoms with van der Waals surface area (Å²) in [4.78, 5) is 23.9. The van der Waals surface area contributed by atoms with Crippen molar-refractivity contribution in [3.8, 4) is 0 Å². The molecule has 5 heterocycles. The number of rotatable bonds is 6. The first-order valence-electron chi connectivity index (χ1n) is 10.1. The summed E-state index contributed by atoms with van der Waals surface area (Å²) in [5.74, 6) is 0.690. The largest absolute Gasteiger partial charge is 0.346 e. The van der Waals surface area contributed by atoms with Gasteiger partial charge in [0.25, 0.3) is 5.91 Å². The van der Waals surface area contributed by atoms with Crippen molar-refractivity contribution in [3.05, 3.63) is 83.5 Å². The van der Waals surface area contributed by atoms with Crippen LogP contribution in [0.15, 0.2) is 66.6 Å². The minimum absolute atomic E-state index is 0.147. The second-order valence-electron chi connectivity index (χ2n) is 7.34. The van der Waals surface area contributed by atoms with Crippen molar-refractivity contribution in [3.63, 3.8) is 0 Å². The van der Waals surface area contributed by atoms with Gasteiger partial charge in [-0.1, -0.05) is 0 Å². The molecule has 1 fully saturated rings. The number of aromatic nitrogens is 5. The van der Waals surface area contributed by atoms with Crippen LogP contribution in [0.3, 0.4) is 0 Å². The van der Waals surface area contributed by atoms with Crippen LogP contribution in [-0.4, -0.2) is 37.2 Å². The molecule has 1 aliphatic heterocycles. The number of carbonyl (C=O) groups is 1. The van der Waals surface area contributed by atoms with E-state index in [-0.39, 0.29) is 11.9 Å². The van der Waals surface area contributed by atoms with Gasteiger partial charge in [-0.3, -0.25) is 15.1 Å². The lowest BCUT2D eigenvalue weighted by Crippen LogP contribution is -2.24. The lowest BCUT2D eigenvalue weighted by Gasteiger charge is -2.23. The standard InChI is InChI=1S/C22H21N7OS/c30-21(19-5-2-12-28(19)14-16-7-10-23-11-8-16)26-22-25-17(15-31-22)18-4-3-13-29(18)20-6-1-9-24-27-20/h1-2,5-12,15,18H,3-4,13-14H2,(H,25,26,30). The molecule has 31 heavy (non-hydrogen) atoms. The number of hydrogen-bond acceptors (Lipinski definition) is 7. The van der Waals surface area contributed by atoms with Gasteiger partial charge in [-0.15, -0.1) is 16.4 Å². The van der Waals surface area contributed by atoms with Crippen LogP contribution in [0.2, 0.25) is 0 Å². The van der Waals surface area contributed by atoms with Gasteiger partial charge in [-0.05, 0) is 54.8 Å². The number of carbonyl (C=O) groups excluding carboxylic acids is 1. The normalized spacial score (nSPS) is 15.9. The lowest BCUT2D eigenvalue weighted by atomic mass is 10.2. The van der Waals surface area contributed by atoms with Gasteiger partial charge >= 0.3 is 0 Å². The minimum Gasteiger partial charge on any atom is -0.346 e. The van der Waals surface area contributed by atoms with E-state index < -0.39 is 0 Å². The highest BCUT2D eigenvalue weighted by Gasteiger charge is 2.29. The Kier molecular flexibility index (Phi) is 5.40. The molecule has 1 atom stereocenters. The van der Waals surface area contributed by atoms with E-state index in [1.165, 1.54) is 11.3 Å². The molecule has 1 saturated heterocycles. The van der Waals surface area contributed by atoms with Crippen LogP contribution in [0.1, 0.15) is 40.6 Å². The monoisotopic (exact) mass is 431 g/mol. The van der Waals surface area contributed by atoms with E-state index in [4.69, 9.17) is 4.98 Å². The van der Waals surface area contributed by atoms with Gasteiger partial charge in [0, 0.05) is 43.3 Å². The fourth-order valence-electron chi connectivity index (χ4n) is 3.90. The van der Waals surface area contributed by atoms with Crippen LogP contribution >= 0.6 is 11.3 Å². The Morgan fingerprint density at radius 2 is 2.06 bits per heavy atom. The molecule has 0 radical (unpaired) electrons. The van der Waals surface area contributed by atoms with Crippen molar-refractivity contribution in [2.45, 2.75) is 25.4 Å². The van der Waals surface area contributed by atoms with Crippen LogP contribution in [0.5, 0.6) is 0 Å². The average molecular weight is 432 g/mol. The Hall–Kier alpha value is -3.59. The summed E-state index contributed by atoms with van der Waals surface area (Å²) < 4.78 is 1.92. The molecule has 0 spiro atoms. The summed E-state index contributed by atoms with van der Waals surface area (Å²) in [6, 6.07) is 11.6. The second-order valence-corrected chi connectivity index (χ2v) is 8.20. The fourth-order valence-corrected chi connectivity index (χ4v) is 4.65. The molecule has 1 amide bonds. The van der Waals surface area contributed by atoms with Crippen molar-refractivity contribution in [1.29, 1.82) is 0 Å². The highest BCUT2D eigenvalue weighted by atomic mass is 32.1. The van der Waals surface area contributed by atoms with Crippen molar-refractivity contribution in [1.82, 2.24) is 24.7 Å². The summed E-state index contributed by atoms with van der Waals surface area (Å²) in [5, 5.41) is 13.8.